The number of pyridine rings is 2. The van der Waals surface area contributed by atoms with Crippen molar-refractivity contribution in [1.82, 2.24) is 18.9 Å². The van der Waals surface area contributed by atoms with Gasteiger partial charge in [-0.3, -0.25) is 8.97 Å². The van der Waals surface area contributed by atoms with Crippen LogP contribution in [-0.4, -0.2) is 18.9 Å². The number of fused-ring (bicyclic) bond motifs is 13. The third-order valence-electron chi connectivity index (χ3n) is 9.64. The Morgan fingerprint density at radius 2 is 1.35 bits per heavy atom. The average molecular weight is 639 g/mol. The number of imidazole rings is 1. The molecule has 5 heterocycles. The molecule has 0 saturated heterocycles. The smallest absolute Gasteiger partial charge is 0.145 e. The second-order valence-corrected chi connectivity index (χ2v) is 14.6. The first-order valence-corrected chi connectivity index (χ1v) is 17.0. The van der Waals surface area contributed by atoms with E-state index in [1.165, 1.54) is 42.0 Å². The van der Waals surface area contributed by atoms with Gasteiger partial charge >= 0.3 is 0 Å². The lowest BCUT2D eigenvalue weighted by Gasteiger charge is -2.20. The monoisotopic (exact) mass is 638 g/mol. The summed E-state index contributed by atoms with van der Waals surface area (Å²) in [6.07, 6.45) is 5.88. The molecule has 0 aliphatic carbocycles. The van der Waals surface area contributed by atoms with Gasteiger partial charge in [-0.05, 0) is 77.0 Å². The SMILES string of the molecule is CC(C)(C)c1ccnc(-n2c3ccccc3c3ccc(Oc4ccc5c(c4)c4nccn4c4c5ccc5sc6ccccc6c54)cc32)c1. The molecule has 0 unspecified atom stereocenters. The highest BCUT2D eigenvalue weighted by molar-refractivity contribution is 7.26. The molecule has 0 aliphatic rings. The summed E-state index contributed by atoms with van der Waals surface area (Å²) in [7, 11) is 0. The maximum absolute atomic E-state index is 6.64. The molecule has 0 bridgehead atoms. The van der Waals surface area contributed by atoms with Gasteiger partial charge < -0.3 is 4.74 Å². The molecule has 0 atom stereocenters. The van der Waals surface area contributed by atoms with E-state index in [0.29, 0.717) is 0 Å². The summed E-state index contributed by atoms with van der Waals surface area (Å²) >= 11 is 1.84. The fourth-order valence-electron chi connectivity index (χ4n) is 7.36. The standard InChI is InChI=1S/C42H30N4OS/c1-42(2,3)25-18-19-43-38(22-25)46-34-10-6-4-8-29(34)30-15-13-27(24-35(30)46)47-26-12-14-28-31-16-17-37-39(32-9-5-7-11-36(32)48-37)40(31)45-21-20-44-41(45)33(28)23-26/h4-24H,1-3H3. The van der Waals surface area contributed by atoms with Crippen LogP contribution in [0.3, 0.4) is 0 Å². The molecule has 0 aliphatic heterocycles. The highest BCUT2D eigenvalue weighted by Gasteiger charge is 2.19. The van der Waals surface area contributed by atoms with Crippen LogP contribution in [0.2, 0.25) is 0 Å². The highest BCUT2D eigenvalue weighted by Crippen LogP contribution is 2.42. The van der Waals surface area contributed by atoms with Gasteiger partial charge in [-0.1, -0.05) is 63.2 Å². The molecule has 10 rings (SSSR count). The number of benzene rings is 5. The average Bonchev–Trinajstić information content (AvgIpc) is 3.82. The molecule has 48 heavy (non-hydrogen) atoms. The van der Waals surface area contributed by atoms with E-state index in [4.69, 9.17) is 14.7 Å². The second-order valence-electron chi connectivity index (χ2n) is 13.5. The van der Waals surface area contributed by atoms with E-state index < -0.39 is 0 Å². The Balaban J connectivity index is 1.14. The van der Waals surface area contributed by atoms with Crippen molar-refractivity contribution in [3.8, 4) is 17.3 Å². The molecular weight excluding hydrogens is 609 g/mol. The van der Waals surface area contributed by atoms with Gasteiger partial charge in [0.25, 0.3) is 0 Å². The maximum Gasteiger partial charge on any atom is 0.145 e. The van der Waals surface area contributed by atoms with Crippen LogP contribution in [0.4, 0.5) is 0 Å². The largest absolute Gasteiger partial charge is 0.457 e. The van der Waals surface area contributed by atoms with Crippen LogP contribution < -0.4 is 4.74 Å². The Labute approximate surface area is 280 Å². The van der Waals surface area contributed by atoms with Crippen molar-refractivity contribution in [2.75, 3.05) is 0 Å². The maximum atomic E-state index is 6.64. The lowest BCUT2D eigenvalue weighted by Crippen LogP contribution is -2.12. The van der Waals surface area contributed by atoms with Gasteiger partial charge in [0.1, 0.15) is 23.0 Å². The lowest BCUT2D eigenvalue weighted by molar-refractivity contribution is 0.484. The molecule has 5 nitrogen and oxygen atoms in total. The summed E-state index contributed by atoms with van der Waals surface area (Å²) in [5, 5.41) is 8.34. The minimum atomic E-state index is 0.00982. The quantitative estimate of drug-likeness (QED) is 0.181. The molecule has 0 spiro atoms. The van der Waals surface area contributed by atoms with Gasteiger partial charge in [-0.2, -0.15) is 0 Å². The highest BCUT2D eigenvalue weighted by atomic mass is 32.1. The zero-order valence-corrected chi connectivity index (χ0v) is 27.5. The van der Waals surface area contributed by atoms with Crippen LogP contribution in [-0.2, 0) is 5.41 Å². The van der Waals surface area contributed by atoms with Gasteiger partial charge in [0, 0.05) is 66.4 Å². The zero-order chi connectivity index (χ0) is 32.1. The van der Waals surface area contributed by atoms with Gasteiger partial charge in [-0.25, -0.2) is 9.97 Å². The van der Waals surface area contributed by atoms with Crippen molar-refractivity contribution in [2.24, 2.45) is 0 Å². The molecule has 0 fully saturated rings. The van der Waals surface area contributed by atoms with Crippen molar-refractivity contribution in [2.45, 2.75) is 26.2 Å². The topological polar surface area (TPSA) is 44.3 Å². The van der Waals surface area contributed by atoms with Gasteiger partial charge in [0.2, 0.25) is 0 Å². The molecule has 0 radical (unpaired) electrons. The number of hydrogen-bond donors (Lipinski definition) is 0. The second kappa shape index (κ2) is 9.89. The van der Waals surface area contributed by atoms with Crippen molar-refractivity contribution >= 4 is 80.6 Å². The number of aromatic nitrogens is 4. The fourth-order valence-corrected chi connectivity index (χ4v) is 8.47. The molecule has 5 aromatic heterocycles. The normalized spacial score (nSPS) is 12.5. The van der Waals surface area contributed by atoms with E-state index in [2.05, 4.69) is 145 Å². The predicted octanol–water partition coefficient (Wildman–Crippen LogP) is 11.6. The molecule has 10 aromatic rings. The zero-order valence-electron chi connectivity index (χ0n) is 26.7. The van der Waals surface area contributed by atoms with Crippen LogP contribution in [0.1, 0.15) is 26.3 Å². The molecule has 0 amide bonds. The Bertz CT molecular complexity index is 2920. The number of para-hydroxylation sites is 1. The van der Waals surface area contributed by atoms with Crippen LogP contribution in [0, 0.1) is 0 Å². The fraction of sp³-hybridized carbons (Fsp3) is 0.0952. The van der Waals surface area contributed by atoms with Crippen molar-refractivity contribution in [3.63, 3.8) is 0 Å². The van der Waals surface area contributed by atoms with Crippen LogP contribution in [0.25, 0.3) is 75.1 Å². The minimum absolute atomic E-state index is 0.00982. The Kier molecular flexibility index (Phi) is 5.65. The number of ether oxygens (including phenoxy) is 1. The summed E-state index contributed by atoms with van der Waals surface area (Å²) in [5.41, 5.74) is 5.55. The first-order chi connectivity index (χ1) is 23.4. The van der Waals surface area contributed by atoms with Gasteiger partial charge in [0.15, 0.2) is 0 Å². The van der Waals surface area contributed by atoms with E-state index in [0.717, 1.165) is 50.2 Å². The van der Waals surface area contributed by atoms with E-state index in [1.54, 1.807) is 0 Å². The number of thiophene rings is 1. The van der Waals surface area contributed by atoms with Crippen LogP contribution >= 0.6 is 11.3 Å². The number of nitrogens with zero attached hydrogens (tertiary/aromatic N) is 4. The summed E-state index contributed by atoms with van der Waals surface area (Å²) in [6, 6.07) is 38.8. The molecule has 230 valence electrons. The van der Waals surface area contributed by atoms with Crippen molar-refractivity contribution in [3.05, 3.63) is 133 Å². The van der Waals surface area contributed by atoms with Crippen LogP contribution in [0.5, 0.6) is 11.5 Å². The summed E-state index contributed by atoms with van der Waals surface area (Å²) in [4.78, 5) is 9.69. The third-order valence-corrected chi connectivity index (χ3v) is 10.8. The Hall–Kier alpha value is -5.72. The van der Waals surface area contributed by atoms with E-state index in [1.807, 2.05) is 23.7 Å². The lowest BCUT2D eigenvalue weighted by atomic mass is 9.88. The summed E-state index contributed by atoms with van der Waals surface area (Å²) < 4.78 is 13.7. The van der Waals surface area contributed by atoms with Crippen molar-refractivity contribution < 1.29 is 4.74 Å². The molecule has 0 N–H and O–H groups in total. The Morgan fingerprint density at radius 1 is 0.604 bits per heavy atom. The molecule has 5 aromatic carbocycles. The summed E-state index contributed by atoms with van der Waals surface area (Å²) in [6.45, 7) is 6.70. The molecule has 6 heteroatoms. The van der Waals surface area contributed by atoms with E-state index in [-0.39, 0.29) is 5.41 Å². The van der Waals surface area contributed by atoms with Crippen LogP contribution in [0.15, 0.2) is 128 Å². The van der Waals surface area contributed by atoms with E-state index >= 15 is 0 Å². The first-order valence-electron chi connectivity index (χ1n) is 16.2. The summed E-state index contributed by atoms with van der Waals surface area (Å²) in [5.74, 6) is 2.44. The first kappa shape index (κ1) is 27.4. The van der Waals surface area contributed by atoms with Crippen molar-refractivity contribution in [1.29, 1.82) is 0 Å². The Morgan fingerprint density at radius 3 is 2.23 bits per heavy atom. The van der Waals surface area contributed by atoms with E-state index in [9.17, 15) is 0 Å². The number of rotatable bonds is 3. The molecular formula is C42H30N4OS. The molecule has 0 saturated carbocycles. The third kappa shape index (κ3) is 3.96. The predicted molar refractivity (Wildman–Crippen MR) is 200 cm³/mol. The number of hydrogen-bond acceptors (Lipinski definition) is 4. The minimum Gasteiger partial charge on any atom is -0.457 e. The van der Waals surface area contributed by atoms with Gasteiger partial charge in [-0.15, -0.1) is 11.3 Å². The van der Waals surface area contributed by atoms with Gasteiger partial charge in [0.05, 0.1) is 16.6 Å².